The molecule has 2 aromatic heterocycles. The lowest BCUT2D eigenvalue weighted by Gasteiger charge is -2.15. The third kappa shape index (κ3) is 1.90. The van der Waals surface area contributed by atoms with Gasteiger partial charge in [-0.25, -0.2) is 5.01 Å². The van der Waals surface area contributed by atoms with E-state index in [1.165, 1.54) is 20.8 Å². The predicted octanol–water partition coefficient (Wildman–Crippen LogP) is -1.78. The van der Waals surface area contributed by atoms with Crippen LogP contribution in [0.15, 0.2) is 29.9 Å². The maximum atomic E-state index is 5.70. The van der Waals surface area contributed by atoms with Crippen LogP contribution in [0.25, 0.3) is 0 Å². The van der Waals surface area contributed by atoms with E-state index in [1.807, 2.05) is 0 Å². The molecule has 0 aliphatic carbocycles. The summed E-state index contributed by atoms with van der Waals surface area (Å²) in [7, 11) is 1.70. The third-order valence-electron chi connectivity index (χ3n) is 1.66. The molecule has 0 aliphatic heterocycles. The van der Waals surface area contributed by atoms with Crippen molar-refractivity contribution in [2.75, 3.05) is 12.1 Å². The molecule has 2 heterocycles. The molecule has 0 bridgehead atoms. The van der Waals surface area contributed by atoms with Crippen LogP contribution in [-0.2, 0) is 0 Å². The minimum atomic E-state index is 0.214. The highest BCUT2D eigenvalue weighted by molar-refractivity contribution is 5.86. The van der Waals surface area contributed by atoms with E-state index >= 15 is 0 Å². The van der Waals surface area contributed by atoms with Gasteiger partial charge in [0.1, 0.15) is 0 Å². The number of guanidine groups is 1. The molecule has 2 aromatic rings. The standard InChI is InChI=1S/C6H9N9/c1-13(15-5-3-9-12-15)6(7)10-14-4-2-8-11-14/h2-5H,1H3,(H2,7,10). The quantitative estimate of drug-likeness (QED) is 0.461. The maximum Gasteiger partial charge on any atom is 0.236 e. The second kappa shape index (κ2) is 3.74. The fourth-order valence-corrected chi connectivity index (χ4v) is 0.892. The molecule has 0 fully saturated rings. The zero-order chi connectivity index (χ0) is 10.7. The van der Waals surface area contributed by atoms with Crippen LogP contribution in [0, 0.1) is 0 Å². The van der Waals surface area contributed by atoms with Crippen molar-refractivity contribution in [2.24, 2.45) is 10.8 Å². The summed E-state index contributed by atoms with van der Waals surface area (Å²) < 4.78 is 0. The monoisotopic (exact) mass is 207 g/mol. The third-order valence-corrected chi connectivity index (χ3v) is 1.66. The van der Waals surface area contributed by atoms with Crippen LogP contribution >= 0.6 is 0 Å². The first-order valence-corrected chi connectivity index (χ1v) is 4.08. The molecule has 9 nitrogen and oxygen atoms in total. The lowest BCUT2D eigenvalue weighted by atomic mass is 10.9. The van der Waals surface area contributed by atoms with Gasteiger partial charge < -0.3 is 5.73 Å². The van der Waals surface area contributed by atoms with E-state index in [1.54, 1.807) is 25.6 Å². The van der Waals surface area contributed by atoms with Gasteiger partial charge in [-0.2, -0.15) is 4.79 Å². The molecule has 2 rings (SSSR count). The maximum absolute atomic E-state index is 5.70. The summed E-state index contributed by atoms with van der Waals surface area (Å²) in [6.45, 7) is 0. The van der Waals surface area contributed by atoms with Gasteiger partial charge in [-0.05, 0) is 10.4 Å². The van der Waals surface area contributed by atoms with Crippen molar-refractivity contribution in [3.8, 4) is 0 Å². The molecular weight excluding hydrogens is 198 g/mol. The van der Waals surface area contributed by atoms with Crippen molar-refractivity contribution >= 4 is 5.96 Å². The van der Waals surface area contributed by atoms with Gasteiger partial charge in [0.2, 0.25) is 5.96 Å². The van der Waals surface area contributed by atoms with Crippen LogP contribution in [0.4, 0.5) is 0 Å². The highest BCUT2D eigenvalue weighted by Crippen LogP contribution is 1.85. The van der Waals surface area contributed by atoms with Crippen LogP contribution in [0.2, 0.25) is 0 Å². The Kier molecular flexibility index (Phi) is 2.27. The number of hydrogen-bond donors (Lipinski definition) is 1. The Bertz CT molecular complexity index is 427. The van der Waals surface area contributed by atoms with Crippen LogP contribution in [0.3, 0.4) is 0 Å². The van der Waals surface area contributed by atoms with Crippen molar-refractivity contribution in [1.82, 2.24) is 30.2 Å². The molecule has 0 aromatic carbocycles. The predicted molar refractivity (Wildman–Crippen MR) is 51.2 cm³/mol. The largest absolute Gasteiger partial charge is 0.367 e. The Labute approximate surface area is 84.7 Å². The van der Waals surface area contributed by atoms with Gasteiger partial charge in [0.25, 0.3) is 0 Å². The zero-order valence-corrected chi connectivity index (χ0v) is 7.96. The number of nitrogens with two attached hydrogens (primary N) is 1. The smallest absolute Gasteiger partial charge is 0.236 e. The first kappa shape index (κ1) is 9.12. The minimum absolute atomic E-state index is 0.214. The summed E-state index contributed by atoms with van der Waals surface area (Å²) >= 11 is 0. The molecule has 0 saturated carbocycles. The molecule has 0 spiro atoms. The highest BCUT2D eigenvalue weighted by atomic mass is 15.7. The van der Waals surface area contributed by atoms with Crippen molar-refractivity contribution < 1.29 is 0 Å². The Morgan fingerprint density at radius 3 is 2.60 bits per heavy atom. The number of hydrogen-bond acceptors (Lipinski definition) is 5. The van der Waals surface area contributed by atoms with Gasteiger partial charge in [-0.1, -0.05) is 0 Å². The van der Waals surface area contributed by atoms with E-state index in [-0.39, 0.29) is 5.96 Å². The molecule has 15 heavy (non-hydrogen) atoms. The molecule has 0 saturated heterocycles. The van der Waals surface area contributed by atoms with E-state index in [2.05, 4.69) is 25.7 Å². The molecule has 0 radical (unpaired) electrons. The lowest BCUT2D eigenvalue weighted by molar-refractivity contribution is 0.631. The summed E-state index contributed by atoms with van der Waals surface area (Å²) in [5.74, 6) is 0.214. The first-order valence-electron chi connectivity index (χ1n) is 4.08. The van der Waals surface area contributed by atoms with Crippen LogP contribution in [0.5, 0.6) is 0 Å². The first-order chi connectivity index (χ1) is 7.27. The van der Waals surface area contributed by atoms with Gasteiger partial charge in [0, 0.05) is 7.05 Å². The van der Waals surface area contributed by atoms with E-state index in [4.69, 9.17) is 5.73 Å². The topological polar surface area (TPSA) is 103 Å². The average molecular weight is 207 g/mol. The second-order valence-corrected chi connectivity index (χ2v) is 2.63. The summed E-state index contributed by atoms with van der Waals surface area (Å²) in [5.41, 5.74) is 5.70. The summed E-state index contributed by atoms with van der Waals surface area (Å²) in [6, 6.07) is 0. The van der Waals surface area contributed by atoms with Crippen molar-refractivity contribution in [1.29, 1.82) is 0 Å². The molecular formula is C6H9N9. The lowest BCUT2D eigenvalue weighted by Crippen LogP contribution is -2.43. The molecule has 0 atom stereocenters. The van der Waals surface area contributed by atoms with E-state index in [9.17, 15) is 0 Å². The summed E-state index contributed by atoms with van der Waals surface area (Å²) in [5, 5.41) is 20.1. The van der Waals surface area contributed by atoms with E-state index in [0.717, 1.165) is 0 Å². The normalized spacial score (nSPS) is 11.7. The molecule has 0 unspecified atom stereocenters. The zero-order valence-electron chi connectivity index (χ0n) is 7.96. The van der Waals surface area contributed by atoms with E-state index in [0.29, 0.717) is 0 Å². The SMILES string of the molecule is CN(C(N)=Nn1ccnn1)n1ccnn1. The van der Waals surface area contributed by atoms with Crippen molar-refractivity contribution in [2.45, 2.75) is 0 Å². The Hall–Kier alpha value is -2.45. The van der Waals surface area contributed by atoms with E-state index < -0.39 is 0 Å². The highest BCUT2D eigenvalue weighted by Gasteiger charge is 2.04. The minimum Gasteiger partial charge on any atom is -0.367 e. The number of rotatable bonds is 2. The molecule has 0 amide bonds. The van der Waals surface area contributed by atoms with Gasteiger partial charge in [-0.15, -0.1) is 20.1 Å². The average Bonchev–Trinajstić information content (AvgIpc) is 2.88. The van der Waals surface area contributed by atoms with Gasteiger partial charge in [0.05, 0.1) is 24.8 Å². The summed E-state index contributed by atoms with van der Waals surface area (Å²) in [4.78, 5) is 2.69. The summed E-state index contributed by atoms with van der Waals surface area (Å²) in [6.07, 6.45) is 6.26. The number of aromatic nitrogens is 6. The van der Waals surface area contributed by atoms with Crippen molar-refractivity contribution in [3.05, 3.63) is 24.8 Å². The number of nitrogens with zero attached hydrogens (tertiary/aromatic N) is 8. The van der Waals surface area contributed by atoms with Crippen LogP contribution in [-0.4, -0.2) is 43.2 Å². The Balaban J connectivity index is 2.18. The van der Waals surface area contributed by atoms with Crippen LogP contribution < -0.4 is 10.7 Å². The molecule has 2 N–H and O–H groups in total. The molecule has 0 aliphatic rings. The van der Waals surface area contributed by atoms with Gasteiger partial charge >= 0.3 is 0 Å². The van der Waals surface area contributed by atoms with Gasteiger partial charge in [-0.3, -0.25) is 0 Å². The fraction of sp³-hybridized carbons (Fsp3) is 0.167. The van der Waals surface area contributed by atoms with Gasteiger partial charge in [0.15, 0.2) is 0 Å². The van der Waals surface area contributed by atoms with Crippen LogP contribution in [0.1, 0.15) is 0 Å². The Morgan fingerprint density at radius 1 is 1.27 bits per heavy atom. The Morgan fingerprint density at radius 2 is 2.00 bits per heavy atom. The molecule has 9 heteroatoms. The fourth-order valence-electron chi connectivity index (χ4n) is 0.892. The second-order valence-electron chi connectivity index (χ2n) is 2.63. The van der Waals surface area contributed by atoms with Crippen molar-refractivity contribution in [3.63, 3.8) is 0 Å². The molecule has 78 valence electrons.